The molecule has 0 saturated heterocycles. The van der Waals surface area contributed by atoms with Crippen LogP contribution in [0.1, 0.15) is 33.6 Å². The van der Waals surface area contributed by atoms with Crippen molar-refractivity contribution in [2.75, 3.05) is 13.1 Å². The minimum atomic E-state index is -0.502. The fourth-order valence-electron chi connectivity index (χ4n) is 1.12. The van der Waals surface area contributed by atoms with E-state index in [0.717, 1.165) is 0 Å². The summed E-state index contributed by atoms with van der Waals surface area (Å²) in [7, 11) is 0. The zero-order valence-corrected chi connectivity index (χ0v) is 11.4. The Morgan fingerprint density at radius 3 is 1.94 bits per heavy atom. The maximum Gasteiger partial charge on any atom is 1.00 e. The molecule has 0 aliphatic rings. The van der Waals surface area contributed by atoms with Gasteiger partial charge in [-0.15, -0.1) is 13.1 Å². The van der Waals surface area contributed by atoms with Crippen LogP contribution in [0.25, 0.3) is 0 Å². The molecule has 0 aliphatic heterocycles. The maximum atomic E-state index is 11.5. The molecule has 0 fully saturated rings. The molecule has 0 aromatic carbocycles. The van der Waals surface area contributed by atoms with Crippen LogP contribution in [0, 0.1) is 13.8 Å². The van der Waals surface area contributed by atoms with Gasteiger partial charge in [0, 0.05) is 6.42 Å². The molecule has 0 radical (unpaired) electrons. The zero-order valence-electron chi connectivity index (χ0n) is 11.4. The first kappa shape index (κ1) is 18.9. The fraction of sp³-hybridized carbons (Fsp3) is 0.667. The van der Waals surface area contributed by atoms with Gasteiger partial charge in [0.1, 0.15) is 5.60 Å². The average Bonchev–Trinajstić information content (AvgIpc) is 2.14. The minimum absolute atomic E-state index is 0. The molecular formula is C12H21LiNO3-. The molecule has 0 bridgehead atoms. The number of hydrogen-bond donors (Lipinski definition) is 0. The zero-order chi connectivity index (χ0) is 12.8. The van der Waals surface area contributed by atoms with Gasteiger partial charge in [0.25, 0.3) is 0 Å². The number of nitrogens with zero attached hydrogens (tertiary/aromatic N) is 1. The molecule has 4 nitrogen and oxygen atoms in total. The van der Waals surface area contributed by atoms with E-state index in [0.29, 0.717) is 13.1 Å². The van der Waals surface area contributed by atoms with E-state index >= 15 is 0 Å². The van der Waals surface area contributed by atoms with Crippen LogP contribution in [0.2, 0.25) is 0 Å². The molecule has 17 heavy (non-hydrogen) atoms. The van der Waals surface area contributed by atoms with Gasteiger partial charge in [0.05, 0.1) is 6.42 Å². The van der Waals surface area contributed by atoms with Crippen molar-refractivity contribution in [3.05, 3.63) is 13.8 Å². The van der Waals surface area contributed by atoms with E-state index in [-0.39, 0.29) is 43.6 Å². The summed E-state index contributed by atoms with van der Waals surface area (Å²) in [6.07, 6.45) is 0.257. The average molecular weight is 234 g/mol. The maximum absolute atomic E-state index is 11.5. The van der Waals surface area contributed by atoms with Gasteiger partial charge in [0.15, 0.2) is 0 Å². The second-order valence-electron chi connectivity index (χ2n) is 4.47. The smallest absolute Gasteiger partial charge is 0.460 e. The van der Waals surface area contributed by atoms with Crippen molar-refractivity contribution < 1.29 is 33.2 Å². The van der Waals surface area contributed by atoms with Crippen molar-refractivity contribution in [3.8, 4) is 0 Å². The molecule has 0 saturated carbocycles. The van der Waals surface area contributed by atoms with Crippen molar-refractivity contribution in [2.24, 2.45) is 0 Å². The molecule has 0 N–H and O–H groups in total. The monoisotopic (exact) mass is 234 g/mol. The van der Waals surface area contributed by atoms with Crippen LogP contribution in [0.5, 0.6) is 0 Å². The van der Waals surface area contributed by atoms with Crippen molar-refractivity contribution in [3.63, 3.8) is 0 Å². The predicted octanol–water partition coefficient (Wildman–Crippen LogP) is -1.39. The molecule has 0 aromatic rings. The second kappa shape index (κ2) is 8.60. The molecule has 0 unspecified atom stereocenters. The Hall–Kier alpha value is -0.463. The van der Waals surface area contributed by atoms with Crippen LogP contribution >= 0.6 is 0 Å². The van der Waals surface area contributed by atoms with Crippen molar-refractivity contribution >= 4 is 11.9 Å². The van der Waals surface area contributed by atoms with E-state index in [1.54, 1.807) is 20.8 Å². The first-order chi connectivity index (χ1) is 7.30. The first-order valence-electron chi connectivity index (χ1n) is 5.38. The van der Waals surface area contributed by atoms with Gasteiger partial charge >= 0.3 is 24.8 Å². The Balaban J connectivity index is 0. The largest absolute Gasteiger partial charge is 1.00 e. The van der Waals surface area contributed by atoms with E-state index in [1.165, 1.54) is 4.90 Å². The summed E-state index contributed by atoms with van der Waals surface area (Å²) in [6, 6.07) is 0. The number of amides is 1. The van der Waals surface area contributed by atoms with Gasteiger partial charge in [-0.1, -0.05) is 0 Å². The molecule has 0 rings (SSSR count). The molecule has 0 aliphatic carbocycles. The molecule has 94 valence electrons. The number of carbonyl (C=O) groups is 2. The van der Waals surface area contributed by atoms with Crippen LogP contribution in [0.4, 0.5) is 0 Å². The topological polar surface area (TPSA) is 46.6 Å². The molecular weight excluding hydrogens is 213 g/mol. The summed E-state index contributed by atoms with van der Waals surface area (Å²) in [4.78, 5) is 24.3. The summed E-state index contributed by atoms with van der Waals surface area (Å²) < 4.78 is 5.09. The van der Waals surface area contributed by atoms with E-state index in [1.807, 2.05) is 0 Å². The molecule has 0 aromatic heterocycles. The van der Waals surface area contributed by atoms with Crippen LogP contribution in [-0.4, -0.2) is 35.5 Å². The quantitative estimate of drug-likeness (QED) is 0.334. The Bertz CT molecular complexity index is 245. The first-order valence-corrected chi connectivity index (χ1v) is 5.38. The van der Waals surface area contributed by atoms with Gasteiger partial charge in [-0.3, -0.25) is 9.59 Å². The number of hydrogen-bond acceptors (Lipinski definition) is 3. The van der Waals surface area contributed by atoms with Crippen LogP contribution in [-0.2, 0) is 14.3 Å². The van der Waals surface area contributed by atoms with Crippen LogP contribution in [0.3, 0.4) is 0 Å². The third-order valence-electron chi connectivity index (χ3n) is 1.86. The number of esters is 1. The minimum Gasteiger partial charge on any atom is -0.460 e. The Morgan fingerprint density at radius 2 is 1.59 bits per heavy atom. The summed E-state index contributed by atoms with van der Waals surface area (Å²) in [5, 5.41) is 0. The third kappa shape index (κ3) is 9.26. The molecule has 0 spiro atoms. The fourth-order valence-corrected chi connectivity index (χ4v) is 1.12. The predicted molar refractivity (Wildman–Crippen MR) is 62.4 cm³/mol. The van der Waals surface area contributed by atoms with E-state index < -0.39 is 5.60 Å². The number of rotatable bonds is 5. The Morgan fingerprint density at radius 1 is 1.12 bits per heavy atom. The van der Waals surface area contributed by atoms with E-state index in [2.05, 4.69) is 13.8 Å². The second-order valence-corrected chi connectivity index (χ2v) is 4.47. The molecule has 1 amide bonds. The van der Waals surface area contributed by atoms with Gasteiger partial charge in [-0.25, -0.2) is 0 Å². The Labute approximate surface area is 116 Å². The van der Waals surface area contributed by atoms with Gasteiger partial charge in [-0.2, -0.15) is 0 Å². The van der Waals surface area contributed by atoms with Crippen LogP contribution in [0.15, 0.2) is 0 Å². The number of carbonyl (C=O) groups excluding carboxylic acids is 2. The van der Waals surface area contributed by atoms with E-state index in [9.17, 15) is 9.59 Å². The SMILES string of the molecule is [CH2-]CN(C[CH2-])C(=O)CCC(=O)OC(C)(C)C.[Li+]. The van der Waals surface area contributed by atoms with Crippen molar-refractivity contribution in [1.29, 1.82) is 0 Å². The van der Waals surface area contributed by atoms with Crippen LogP contribution < -0.4 is 18.9 Å². The summed E-state index contributed by atoms with van der Waals surface area (Å²) in [5.41, 5.74) is -0.502. The molecule has 0 atom stereocenters. The normalized spacial score (nSPS) is 10.4. The third-order valence-corrected chi connectivity index (χ3v) is 1.86. The molecule has 0 heterocycles. The van der Waals surface area contributed by atoms with E-state index in [4.69, 9.17) is 4.74 Å². The summed E-state index contributed by atoms with van der Waals surface area (Å²) in [6.45, 7) is 13.4. The van der Waals surface area contributed by atoms with Gasteiger partial charge in [-0.05, 0) is 20.8 Å². The van der Waals surface area contributed by atoms with Crippen molar-refractivity contribution in [2.45, 2.75) is 39.2 Å². The van der Waals surface area contributed by atoms with Crippen molar-refractivity contribution in [1.82, 2.24) is 4.90 Å². The Kier molecular flexibility index (Phi) is 9.56. The van der Waals surface area contributed by atoms with Gasteiger partial charge < -0.3 is 23.5 Å². The molecule has 5 heteroatoms. The van der Waals surface area contributed by atoms with Gasteiger partial charge in [0.2, 0.25) is 5.91 Å². The summed E-state index contributed by atoms with van der Waals surface area (Å²) >= 11 is 0. The standard InChI is InChI=1S/C12H21NO3.Li/c1-6-13(7-2)10(14)8-9-11(15)16-12(3,4)5;/h1-2,6-9H2,3-5H3;/q-2;+1. The number of ether oxygens (including phenoxy) is 1. The summed E-state index contributed by atoms with van der Waals surface area (Å²) in [5.74, 6) is -0.468.